The van der Waals surface area contributed by atoms with E-state index in [1.165, 1.54) is 25.7 Å². The van der Waals surface area contributed by atoms with Gasteiger partial charge < -0.3 is 19.3 Å². The molecule has 0 radical (unpaired) electrons. The summed E-state index contributed by atoms with van der Waals surface area (Å²) in [6.07, 6.45) is 24.9. The Labute approximate surface area is 230 Å². The zero-order chi connectivity index (χ0) is 28.3. The highest BCUT2D eigenvalue weighted by atomic mass is 31.2. The van der Waals surface area contributed by atoms with E-state index in [4.69, 9.17) is 19.3 Å². The molecule has 1 atom stereocenters. The van der Waals surface area contributed by atoms with Gasteiger partial charge in [0.25, 0.3) is 0 Å². The van der Waals surface area contributed by atoms with Crippen molar-refractivity contribution in [2.75, 3.05) is 13.2 Å². The van der Waals surface area contributed by atoms with E-state index >= 15 is 0 Å². The number of rotatable bonds is 26. The van der Waals surface area contributed by atoms with Gasteiger partial charge in [-0.15, -0.1) is 0 Å². The molecular weight excluding hydrogens is 507 g/mol. The summed E-state index contributed by atoms with van der Waals surface area (Å²) in [7, 11) is -4.73. The monoisotopic (exact) mass is 560 g/mol. The molecule has 0 bridgehead atoms. The summed E-state index contributed by atoms with van der Waals surface area (Å²) in [4.78, 5) is 42.2. The summed E-state index contributed by atoms with van der Waals surface area (Å²) in [5.74, 6) is -0.912. The van der Waals surface area contributed by atoms with Gasteiger partial charge in [-0.25, -0.2) is 4.57 Å². The maximum Gasteiger partial charge on any atom is 0.469 e. The number of phosphoric acid groups is 1. The standard InChI is InChI=1S/C29H53O8P/c1-3-5-7-9-11-12-13-14-15-16-18-20-22-24-29(31)37-27(26-36-38(32,33)34)25-35-28(30)23-21-19-17-10-8-6-4-2/h7,9,12-13,27H,3-6,8,10-11,14-26H2,1-2H3,(H2,32,33,34)/b9-7-,13-12-. The molecule has 0 aliphatic carbocycles. The number of carbonyl (C=O) groups excluding carboxylic acids is 2. The van der Waals surface area contributed by atoms with Crippen molar-refractivity contribution >= 4 is 19.8 Å². The average molecular weight is 561 g/mol. The fourth-order valence-electron chi connectivity index (χ4n) is 3.76. The zero-order valence-electron chi connectivity index (χ0n) is 23.8. The Bertz CT molecular complexity index is 686. The fraction of sp³-hybridized carbons (Fsp3) is 0.793. The van der Waals surface area contributed by atoms with Gasteiger partial charge in [0.2, 0.25) is 0 Å². The first-order chi connectivity index (χ1) is 18.3. The van der Waals surface area contributed by atoms with Crippen LogP contribution in [0.5, 0.6) is 0 Å². The van der Waals surface area contributed by atoms with Crippen LogP contribution in [0.15, 0.2) is 24.3 Å². The highest BCUT2D eigenvalue weighted by molar-refractivity contribution is 7.46. The molecule has 2 N–H and O–H groups in total. The van der Waals surface area contributed by atoms with Crippen molar-refractivity contribution in [3.05, 3.63) is 24.3 Å². The van der Waals surface area contributed by atoms with Crippen LogP contribution in [0, 0.1) is 0 Å². The highest BCUT2D eigenvalue weighted by Crippen LogP contribution is 2.35. The van der Waals surface area contributed by atoms with Crippen molar-refractivity contribution in [3.63, 3.8) is 0 Å². The lowest BCUT2D eigenvalue weighted by molar-refractivity contribution is -0.161. The molecule has 0 amide bonds. The minimum absolute atomic E-state index is 0.197. The predicted molar refractivity (Wildman–Crippen MR) is 152 cm³/mol. The van der Waals surface area contributed by atoms with Crippen LogP contribution in [0.1, 0.15) is 129 Å². The van der Waals surface area contributed by atoms with E-state index in [0.717, 1.165) is 70.6 Å². The molecule has 0 fully saturated rings. The molecule has 0 heterocycles. The fourth-order valence-corrected chi connectivity index (χ4v) is 4.12. The van der Waals surface area contributed by atoms with Crippen LogP contribution in [0.4, 0.5) is 0 Å². The largest absolute Gasteiger partial charge is 0.469 e. The van der Waals surface area contributed by atoms with Crippen LogP contribution in [0.2, 0.25) is 0 Å². The van der Waals surface area contributed by atoms with Gasteiger partial charge in [0.05, 0.1) is 6.61 Å². The zero-order valence-corrected chi connectivity index (χ0v) is 24.7. The van der Waals surface area contributed by atoms with Gasteiger partial charge in [-0.05, 0) is 38.5 Å². The smallest absolute Gasteiger partial charge is 0.462 e. The number of carbonyl (C=O) groups is 2. The van der Waals surface area contributed by atoms with Crippen LogP contribution in [-0.2, 0) is 28.2 Å². The van der Waals surface area contributed by atoms with Crippen molar-refractivity contribution in [1.82, 2.24) is 0 Å². The van der Waals surface area contributed by atoms with Crippen LogP contribution < -0.4 is 0 Å². The highest BCUT2D eigenvalue weighted by Gasteiger charge is 2.22. The molecule has 0 saturated heterocycles. The van der Waals surface area contributed by atoms with E-state index in [1.807, 2.05) is 0 Å². The second kappa shape index (κ2) is 25.8. The molecule has 0 aromatic rings. The molecule has 0 aliphatic heterocycles. The molecule has 0 spiro atoms. The number of hydrogen-bond donors (Lipinski definition) is 2. The van der Waals surface area contributed by atoms with Crippen molar-refractivity contribution in [2.45, 2.75) is 136 Å². The SMILES string of the molecule is CCC/C=C\C/C=C\CCCCCCCC(=O)OC(COC(=O)CCCCCCCCC)COP(=O)(O)O. The van der Waals surface area contributed by atoms with E-state index in [1.54, 1.807) is 0 Å². The lowest BCUT2D eigenvalue weighted by atomic mass is 10.1. The quantitative estimate of drug-likeness (QED) is 0.0477. The Morgan fingerprint density at radius 3 is 1.84 bits per heavy atom. The predicted octanol–water partition coefficient (Wildman–Crippen LogP) is 7.72. The summed E-state index contributed by atoms with van der Waals surface area (Å²) in [5.41, 5.74) is 0. The molecule has 0 aromatic carbocycles. The molecule has 0 aromatic heterocycles. The number of esters is 2. The normalized spacial score (nSPS) is 12.8. The van der Waals surface area contributed by atoms with Crippen molar-refractivity contribution < 1.29 is 37.9 Å². The van der Waals surface area contributed by atoms with Crippen molar-refractivity contribution in [1.29, 1.82) is 0 Å². The average Bonchev–Trinajstić information content (AvgIpc) is 2.87. The van der Waals surface area contributed by atoms with Crippen LogP contribution in [0.25, 0.3) is 0 Å². The lowest BCUT2D eigenvalue weighted by Crippen LogP contribution is -2.29. The van der Waals surface area contributed by atoms with Crippen molar-refractivity contribution in [3.8, 4) is 0 Å². The topological polar surface area (TPSA) is 119 Å². The lowest BCUT2D eigenvalue weighted by Gasteiger charge is -2.18. The van der Waals surface area contributed by atoms with Gasteiger partial charge in [0, 0.05) is 12.8 Å². The Morgan fingerprint density at radius 1 is 0.684 bits per heavy atom. The molecular formula is C29H53O8P. The Hall–Kier alpha value is -1.47. The summed E-state index contributed by atoms with van der Waals surface area (Å²) in [6, 6.07) is 0. The molecule has 0 aliphatic rings. The van der Waals surface area contributed by atoms with E-state index in [2.05, 4.69) is 42.7 Å². The summed E-state index contributed by atoms with van der Waals surface area (Å²) < 4.78 is 26.0. The van der Waals surface area contributed by atoms with Gasteiger partial charge in [0.1, 0.15) is 6.61 Å². The minimum atomic E-state index is -4.73. The summed E-state index contributed by atoms with van der Waals surface area (Å²) in [6.45, 7) is 3.51. The molecule has 0 rings (SSSR count). The van der Waals surface area contributed by atoms with E-state index in [0.29, 0.717) is 6.42 Å². The first-order valence-electron chi connectivity index (χ1n) is 14.6. The maximum absolute atomic E-state index is 12.2. The number of ether oxygens (including phenoxy) is 2. The van der Waals surface area contributed by atoms with Gasteiger partial charge in [-0.2, -0.15) is 0 Å². The van der Waals surface area contributed by atoms with Gasteiger partial charge >= 0.3 is 19.8 Å². The van der Waals surface area contributed by atoms with Crippen LogP contribution >= 0.6 is 7.82 Å². The second-order valence-corrected chi connectivity index (χ2v) is 11.0. The van der Waals surface area contributed by atoms with Gasteiger partial charge in [-0.3, -0.25) is 14.1 Å². The third-order valence-corrected chi connectivity index (χ3v) is 6.44. The Kier molecular flexibility index (Phi) is 24.8. The van der Waals surface area contributed by atoms with E-state index in [-0.39, 0.29) is 19.4 Å². The number of phosphoric ester groups is 1. The van der Waals surface area contributed by atoms with E-state index < -0.39 is 32.5 Å². The van der Waals surface area contributed by atoms with E-state index in [9.17, 15) is 14.2 Å². The second-order valence-electron chi connectivity index (χ2n) is 9.73. The molecule has 8 nitrogen and oxygen atoms in total. The first-order valence-corrected chi connectivity index (χ1v) is 16.2. The number of allylic oxidation sites excluding steroid dienone is 4. The number of unbranched alkanes of at least 4 members (excludes halogenated alkanes) is 12. The molecule has 38 heavy (non-hydrogen) atoms. The molecule has 1 unspecified atom stereocenters. The summed E-state index contributed by atoms with van der Waals surface area (Å²) >= 11 is 0. The van der Waals surface area contributed by atoms with Gasteiger partial charge in [-0.1, -0.05) is 102 Å². The summed E-state index contributed by atoms with van der Waals surface area (Å²) in [5, 5.41) is 0. The molecule has 222 valence electrons. The molecule has 0 saturated carbocycles. The number of hydrogen-bond acceptors (Lipinski definition) is 6. The van der Waals surface area contributed by atoms with Crippen LogP contribution in [-0.4, -0.2) is 41.0 Å². The molecule has 9 heteroatoms. The Balaban J connectivity index is 4.09. The first kappa shape index (κ1) is 36.5. The maximum atomic E-state index is 12.2. The third-order valence-electron chi connectivity index (χ3n) is 5.95. The Morgan fingerprint density at radius 2 is 1.24 bits per heavy atom. The van der Waals surface area contributed by atoms with Gasteiger partial charge in [0.15, 0.2) is 6.10 Å². The minimum Gasteiger partial charge on any atom is -0.462 e. The third kappa shape index (κ3) is 27.6. The van der Waals surface area contributed by atoms with Crippen LogP contribution in [0.3, 0.4) is 0 Å². The van der Waals surface area contributed by atoms with Crippen molar-refractivity contribution in [2.24, 2.45) is 0 Å².